The number of nitrogens with zero attached hydrogens (tertiary/aromatic N) is 3. The van der Waals surface area contributed by atoms with Crippen molar-refractivity contribution in [3.63, 3.8) is 0 Å². The molecule has 0 saturated carbocycles. The number of urea groups is 1. The third kappa shape index (κ3) is 2.90. The molecule has 0 aliphatic carbocycles. The zero-order chi connectivity index (χ0) is 19.0. The lowest BCUT2D eigenvalue weighted by Gasteiger charge is -2.38. The van der Waals surface area contributed by atoms with Gasteiger partial charge in [-0.1, -0.05) is 25.1 Å². The van der Waals surface area contributed by atoms with Gasteiger partial charge in [0, 0.05) is 37.4 Å². The molecule has 1 aromatic carbocycles. The van der Waals surface area contributed by atoms with Gasteiger partial charge >= 0.3 is 6.03 Å². The first-order valence-corrected chi connectivity index (χ1v) is 10.3. The maximum absolute atomic E-state index is 13.0. The fourth-order valence-corrected chi connectivity index (χ4v) is 5.05. The lowest BCUT2D eigenvalue weighted by atomic mass is 9.73. The number of aromatic nitrogens is 1. The van der Waals surface area contributed by atoms with E-state index in [2.05, 4.69) is 16.4 Å². The second-order valence-electron chi connectivity index (χ2n) is 7.23. The number of anilines is 1. The van der Waals surface area contributed by atoms with Crippen molar-refractivity contribution in [3.8, 4) is 0 Å². The maximum Gasteiger partial charge on any atom is 0.317 e. The van der Waals surface area contributed by atoms with E-state index in [-0.39, 0.29) is 18.0 Å². The molecule has 0 bridgehead atoms. The number of nitrogens with one attached hydrogen (secondary N) is 1. The van der Waals surface area contributed by atoms with Gasteiger partial charge in [0.25, 0.3) is 0 Å². The van der Waals surface area contributed by atoms with Crippen LogP contribution in [0.2, 0.25) is 0 Å². The fraction of sp³-hybridized carbons (Fsp3) is 0.450. The van der Waals surface area contributed by atoms with E-state index in [9.17, 15) is 9.59 Å². The molecule has 0 unspecified atom stereocenters. The van der Waals surface area contributed by atoms with E-state index in [1.165, 1.54) is 0 Å². The van der Waals surface area contributed by atoms with E-state index in [4.69, 9.17) is 0 Å². The Labute approximate surface area is 163 Å². The molecule has 1 aromatic heterocycles. The van der Waals surface area contributed by atoms with Gasteiger partial charge in [-0.15, -0.1) is 11.3 Å². The quantitative estimate of drug-likeness (QED) is 0.883. The lowest BCUT2D eigenvalue weighted by Crippen LogP contribution is -2.52. The molecule has 1 saturated heterocycles. The lowest BCUT2D eigenvalue weighted by molar-refractivity contribution is -0.124. The molecule has 0 radical (unpaired) electrons. The minimum Gasteiger partial charge on any atom is -0.329 e. The number of hydrogen-bond acceptors (Lipinski definition) is 4. The van der Waals surface area contributed by atoms with Crippen molar-refractivity contribution >= 4 is 29.0 Å². The zero-order valence-electron chi connectivity index (χ0n) is 15.6. The van der Waals surface area contributed by atoms with Crippen LogP contribution in [-0.2, 0) is 10.2 Å². The molecule has 2 aromatic rings. The van der Waals surface area contributed by atoms with Crippen LogP contribution in [0.25, 0.3) is 0 Å². The molecule has 1 fully saturated rings. The van der Waals surface area contributed by atoms with Crippen molar-refractivity contribution in [1.82, 2.24) is 15.2 Å². The summed E-state index contributed by atoms with van der Waals surface area (Å²) < 4.78 is 0. The number of para-hydroxylation sites is 1. The van der Waals surface area contributed by atoms with E-state index < -0.39 is 5.41 Å². The first-order chi connectivity index (χ1) is 13.1. The summed E-state index contributed by atoms with van der Waals surface area (Å²) in [6, 6.07) is 7.88. The van der Waals surface area contributed by atoms with Crippen LogP contribution in [0.3, 0.4) is 0 Å². The number of piperidine rings is 1. The third-order valence-corrected chi connectivity index (χ3v) is 6.74. The van der Waals surface area contributed by atoms with Crippen LogP contribution < -0.4 is 10.2 Å². The van der Waals surface area contributed by atoms with E-state index in [1.54, 1.807) is 22.4 Å². The Kier molecular flexibility index (Phi) is 4.63. The number of rotatable bonds is 3. The number of likely N-dealkylation sites (tertiary alicyclic amines) is 1. The zero-order valence-corrected chi connectivity index (χ0v) is 16.5. The molecular formula is C20H24N4O2S. The number of carbonyl (C=O) groups excluding carboxylic acids is 2. The maximum atomic E-state index is 13.0. The Bertz CT molecular complexity index is 843. The highest BCUT2D eigenvalue weighted by Crippen LogP contribution is 2.47. The second-order valence-corrected chi connectivity index (χ2v) is 8.16. The molecule has 3 heterocycles. The Balaban J connectivity index is 1.46. The summed E-state index contributed by atoms with van der Waals surface area (Å²) in [7, 11) is 1.84. The molecule has 1 spiro atoms. The van der Waals surface area contributed by atoms with Crippen LogP contribution in [0.4, 0.5) is 10.5 Å². The van der Waals surface area contributed by atoms with E-state index in [1.807, 2.05) is 42.5 Å². The largest absolute Gasteiger partial charge is 0.329 e. The van der Waals surface area contributed by atoms with Gasteiger partial charge in [0.15, 0.2) is 0 Å². The minimum atomic E-state index is -0.485. The topological polar surface area (TPSA) is 65.5 Å². The highest BCUT2D eigenvalue weighted by molar-refractivity contribution is 7.09. The fourth-order valence-electron chi connectivity index (χ4n) is 4.28. The van der Waals surface area contributed by atoms with E-state index >= 15 is 0 Å². The van der Waals surface area contributed by atoms with Crippen molar-refractivity contribution in [2.45, 2.75) is 37.6 Å². The van der Waals surface area contributed by atoms with Gasteiger partial charge in [0.2, 0.25) is 5.91 Å². The van der Waals surface area contributed by atoms with Crippen LogP contribution in [0, 0.1) is 0 Å². The molecule has 142 valence electrons. The van der Waals surface area contributed by atoms with Crippen molar-refractivity contribution in [2.75, 3.05) is 25.0 Å². The molecule has 7 heteroatoms. The standard InChI is InChI=1S/C20H24N4O2S/c1-3-15(17-21-10-13-27-17)22-19(26)24-11-8-20(9-12-24)14-6-4-5-7-16(14)23(2)18(20)25/h4-7,10,13,15H,3,8-9,11-12H2,1-2H3,(H,22,26)/t15-/m1/s1. The summed E-state index contributed by atoms with van der Waals surface area (Å²) in [5.41, 5.74) is 1.61. The van der Waals surface area contributed by atoms with E-state index in [0.29, 0.717) is 25.9 Å². The first kappa shape index (κ1) is 18.0. The number of amides is 3. The van der Waals surface area contributed by atoms with Gasteiger partial charge in [-0.2, -0.15) is 0 Å². The first-order valence-electron chi connectivity index (χ1n) is 9.39. The molecule has 3 amide bonds. The molecule has 1 atom stereocenters. The minimum absolute atomic E-state index is 0.0617. The Hall–Kier alpha value is -2.41. The van der Waals surface area contributed by atoms with Gasteiger partial charge in [-0.3, -0.25) is 4.79 Å². The van der Waals surface area contributed by atoms with Crippen LogP contribution >= 0.6 is 11.3 Å². The smallest absolute Gasteiger partial charge is 0.317 e. The second kappa shape index (κ2) is 6.96. The number of thiazole rings is 1. The summed E-state index contributed by atoms with van der Waals surface area (Å²) in [6.45, 7) is 3.20. The highest BCUT2D eigenvalue weighted by atomic mass is 32.1. The van der Waals surface area contributed by atoms with Crippen molar-refractivity contribution in [2.24, 2.45) is 0 Å². The number of likely N-dealkylation sites (N-methyl/N-ethyl adjacent to an activating group) is 1. The van der Waals surface area contributed by atoms with Gasteiger partial charge in [0.1, 0.15) is 5.01 Å². The number of hydrogen-bond donors (Lipinski definition) is 1. The number of fused-ring (bicyclic) bond motifs is 2. The van der Waals surface area contributed by atoms with Crippen LogP contribution in [0.5, 0.6) is 0 Å². The van der Waals surface area contributed by atoms with Crippen LogP contribution in [0.15, 0.2) is 35.8 Å². The normalized spacial score (nSPS) is 19.3. The average molecular weight is 385 g/mol. The Morgan fingerprint density at radius 3 is 2.74 bits per heavy atom. The van der Waals surface area contributed by atoms with Gasteiger partial charge in [-0.05, 0) is 30.9 Å². The molecule has 27 heavy (non-hydrogen) atoms. The van der Waals surface area contributed by atoms with Gasteiger partial charge in [-0.25, -0.2) is 9.78 Å². The molecule has 2 aliphatic heterocycles. The predicted octanol–water partition coefficient (Wildman–Crippen LogP) is 3.31. The highest BCUT2D eigenvalue weighted by Gasteiger charge is 2.51. The molecule has 1 N–H and O–H groups in total. The van der Waals surface area contributed by atoms with Crippen molar-refractivity contribution in [1.29, 1.82) is 0 Å². The van der Waals surface area contributed by atoms with E-state index in [0.717, 1.165) is 22.7 Å². The summed E-state index contributed by atoms with van der Waals surface area (Å²) in [5.74, 6) is 0.151. The monoisotopic (exact) mass is 384 g/mol. The third-order valence-electron chi connectivity index (χ3n) is 5.85. The molecular weight excluding hydrogens is 360 g/mol. The summed E-state index contributed by atoms with van der Waals surface area (Å²) in [5, 5.41) is 5.95. The SMILES string of the molecule is CC[C@@H](NC(=O)N1CCC2(CC1)C(=O)N(C)c1ccccc12)c1nccs1. The summed E-state index contributed by atoms with van der Waals surface area (Å²) in [4.78, 5) is 33.7. The van der Waals surface area contributed by atoms with Crippen molar-refractivity contribution in [3.05, 3.63) is 46.4 Å². The van der Waals surface area contributed by atoms with Crippen LogP contribution in [-0.4, -0.2) is 42.0 Å². The summed E-state index contributed by atoms with van der Waals surface area (Å²) in [6.07, 6.45) is 3.89. The number of benzene rings is 1. The number of carbonyl (C=O) groups is 2. The molecule has 4 rings (SSSR count). The molecule has 6 nitrogen and oxygen atoms in total. The van der Waals surface area contributed by atoms with Gasteiger partial charge < -0.3 is 15.1 Å². The summed E-state index contributed by atoms with van der Waals surface area (Å²) >= 11 is 1.56. The average Bonchev–Trinajstić information content (AvgIpc) is 3.31. The predicted molar refractivity (Wildman–Crippen MR) is 106 cm³/mol. The van der Waals surface area contributed by atoms with Crippen LogP contribution in [0.1, 0.15) is 42.8 Å². The van der Waals surface area contributed by atoms with Crippen molar-refractivity contribution < 1.29 is 9.59 Å². The Morgan fingerprint density at radius 2 is 2.07 bits per heavy atom. The molecule has 2 aliphatic rings. The van der Waals surface area contributed by atoms with Gasteiger partial charge in [0.05, 0.1) is 11.5 Å². The Morgan fingerprint density at radius 1 is 1.33 bits per heavy atom.